The predicted octanol–water partition coefficient (Wildman–Crippen LogP) is 2.86. The molecule has 1 aromatic heterocycles. The first-order valence-electron chi connectivity index (χ1n) is 8.07. The summed E-state index contributed by atoms with van der Waals surface area (Å²) in [6, 6.07) is 0.994. The number of ether oxygens (including phenoxy) is 1. The molecule has 0 bridgehead atoms. The van der Waals surface area contributed by atoms with Crippen molar-refractivity contribution in [1.29, 1.82) is 0 Å². The SMILES string of the molecule is CCCCN(c1nc(NCC)nc(OC(C)C)n1)C1CC1. The number of hydrogen-bond donors (Lipinski definition) is 1. The molecular weight excluding hydrogens is 266 g/mol. The van der Waals surface area contributed by atoms with Crippen molar-refractivity contribution >= 4 is 11.9 Å². The van der Waals surface area contributed by atoms with Gasteiger partial charge < -0.3 is 15.0 Å². The zero-order valence-corrected chi connectivity index (χ0v) is 13.6. The molecule has 21 heavy (non-hydrogen) atoms. The Bertz CT molecular complexity index is 448. The molecule has 0 aliphatic heterocycles. The van der Waals surface area contributed by atoms with Crippen LogP contribution < -0.4 is 15.0 Å². The maximum atomic E-state index is 5.67. The number of nitrogens with one attached hydrogen (secondary N) is 1. The van der Waals surface area contributed by atoms with Crippen LogP contribution in [0.15, 0.2) is 0 Å². The lowest BCUT2D eigenvalue weighted by Gasteiger charge is -2.23. The van der Waals surface area contributed by atoms with Crippen LogP contribution in [0.4, 0.5) is 11.9 Å². The molecule has 1 heterocycles. The van der Waals surface area contributed by atoms with Gasteiger partial charge in [0.15, 0.2) is 0 Å². The third-order valence-corrected chi connectivity index (χ3v) is 3.28. The Balaban J connectivity index is 2.23. The lowest BCUT2D eigenvalue weighted by atomic mass is 10.3. The lowest BCUT2D eigenvalue weighted by Crippen LogP contribution is -2.29. The van der Waals surface area contributed by atoms with Crippen molar-refractivity contribution in [1.82, 2.24) is 15.0 Å². The van der Waals surface area contributed by atoms with Crippen molar-refractivity contribution in [2.75, 3.05) is 23.3 Å². The topological polar surface area (TPSA) is 63.2 Å². The van der Waals surface area contributed by atoms with Crippen LogP contribution in [-0.4, -0.2) is 40.2 Å². The molecule has 1 saturated carbocycles. The highest BCUT2D eigenvalue weighted by Gasteiger charge is 2.31. The van der Waals surface area contributed by atoms with Gasteiger partial charge in [0, 0.05) is 19.1 Å². The lowest BCUT2D eigenvalue weighted by molar-refractivity contribution is 0.222. The monoisotopic (exact) mass is 293 g/mol. The van der Waals surface area contributed by atoms with Gasteiger partial charge >= 0.3 is 6.01 Å². The van der Waals surface area contributed by atoms with Gasteiger partial charge in [0.05, 0.1) is 6.10 Å². The van der Waals surface area contributed by atoms with E-state index in [4.69, 9.17) is 4.74 Å². The summed E-state index contributed by atoms with van der Waals surface area (Å²) in [6.45, 7) is 9.97. The molecule has 0 saturated heterocycles. The highest BCUT2D eigenvalue weighted by atomic mass is 16.5. The Morgan fingerprint density at radius 2 is 2.00 bits per heavy atom. The maximum Gasteiger partial charge on any atom is 0.323 e. The fourth-order valence-corrected chi connectivity index (χ4v) is 2.14. The molecule has 0 aromatic carbocycles. The number of unbranched alkanes of at least 4 members (excludes halogenated alkanes) is 1. The van der Waals surface area contributed by atoms with Crippen molar-refractivity contribution in [3.05, 3.63) is 0 Å². The molecule has 6 heteroatoms. The maximum absolute atomic E-state index is 5.67. The van der Waals surface area contributed by atoms with E-state index in [-0.39, 0.29) is 6.10 Å². The van der Waals surface area contributed by atoms with Crippen LogP contribution in [0, 0.1) is 0 Å². The van der Waals surface area contributed by atoms with Crippen molar-refractivity contribution < 1.29 is 4.74 Å². The zero-order chi connectivity index (χ0) is 15.2. The minimum atomic E-state index is 0.0553. The van der Waals surface area contributed by atoms with Crippen LogP contribution in [-0.2, 0) is 0 Å². The van der Waals surface area contributed by atoms with Crippen LogP contribution in [0.3, 0.4) is 0 Å². The van der Waals surface area contributed by atoms with Crippen LogP contribution in [0.2, 0.25) is 0 Å². The predicted molar refractivity (Wildman–Crippen MR) is 85.0 cm³/mol. The summed E-state index contributed by atoms with van der Waals surface area (Å²) in [6.07, 6.45) is 4.83. The fourth-order valence-electron chi connectivity index (χ4n) is 2.14. The molecule has 0 spiro atoms. The number of rotatable bonds is 9. The number of anilines is 2. The standard InChI is InChI=1S/C15H27N5O/c1-5-7-10-20(12-8-9-12)14-17-13(16-6-2)18-15(19-14)21-11(3)4/h11-12H,5-10H2,1-4H3,(H,16,17,18,19). The molecule has 1 aliphatic rings. The van der Waals surface area contributed by atoms with Gasteiger partial charge in [-0.15, -0.1) is 0 Å². The van der Waals surface area contributed by atoms with Gasteiger partial charge in [0.1, 0.15) is 0 Å². The minimum absolute atomic E-state index is 0.0553. The highest BCUT2D eigenvalue weighted by molar-refractivity contribution is 5.40. The van der Waals surface area contributed by atoms with Crippen LogP contribution in [0.1, 0.15) is 53.4 Å². The van der Waals surface area contributed by atoms with E-state index in [1.807, 2.05) is 20.8 Å². The number of nitrogens with zero attached hydrogens (tertiary/aromatic N) is 4. The summed E-state index contributed by atoms with van der Waals surface area (Å²) in [5.41, 5.74) is 0. The first kappa shape index (κ1) is 15.8. The van der Waals surface area contributed by atoms with E-state index in [1.165, 1.54) is 19.3 Å². The molecular formula is C15H27N5O. The number of hydrogen-bond acceptors (Lipinski definition) is 6. The van der Waals surface area contributed by atoms with E-state index in [2.05, 4.69) is 32.1 Å². The molecule has 1 aliphatic carbocycles. The Labute approximate surface area is 127 Å². The van der Waals surface area contributed by atoms with Crippen LogP contribution in [0.25, 0.3) is 0 Å². The van der Waals surface area contributed by atoms with Crippen molar-refractivity contribution in [2.24, 2.45) is 0 Å². The van der Waals surface area contributed by atoms with Crippen molar-refractivity contribution in [3.8, 4) is 6.01 Å². The molecule has 1 N–H and O–H groups in total. The first-order chi connectivity index (χ1) is 10.1. The second kappa shape index (κ2) is 7.43. The van der Waals surface area contributed by atoms with E-state index in [1.54, 1.807) is 0 Å². The minimum Gasteiger partial charge on any atom is -0.461 e. The molecule has 2 rings (SSSR count). The summed E-state index contributed by atoms with van der Waals surface area (Å²) >= 11 is 0. The average molecular weight is 293 g/mol. The molecule has 0 unspecified atom stereocenters. The molecule has 0 amide bonds. The molecule has 6 nitrogen and oxygen atoms in total. The van der Waals surface area contributed by atoms with E-state index in [0.717, 1.165) is 25.5 Å². The van der Waals surface area contributed by atoms with E-state index < -0.39 is 0 Å². The molecule has 1 fully saturated rings. The molecule has 0 atom stereocenters. The van der Waals surface area contributed by atoms with Crippen LogP contribution in [0.5, 0.6) is 6.01 Å². The average Bonchev–Trinajstić information content (AvgIpc) is 3.23. The summed E-state index contributed by atoms with van der Waals surface area (Å²) in [7, 11) is 0. The highest BCUT2D eigenvalue weighted by Crippen LogP contribution is 2.31. The summed E-state index contributed by atoms with van der Waals surface area (Å²) in [5, 5.41) is 3.16. The van der Waals surface area contributed by atoms with Crippen molar-refractivity contribution in [2.45, 2.75) is 65.5 Å². The zero-order valence-electron chi connectivity index (χ0n) is 13.6. The van der Waals surface area contributed by atoms with Gasteiger partial charge in [-0.25, -0.2) is 0 Å². The quantitative estimate of drug-likeness (QED) is 0.755. The van der Waals surface area contributed by atoms with Crippen molar-refractivity contribution in [3.63, 3.8) is 0 Å². The number of aromatic nitrogens is 3. The van der Waals surface area contributed by atoms with E-state index >= 15 is 0 Å². The Morgan fingerprint density at radius 1 is 1.24 bits per heavy atom. The van der Waals surface area contributed by atoms with E-state index in [9.17, 15) is 0 Å². The largest absolute Gasteiger partial charge is 0.461 e. The Morgan fingerprint density at radius 3 is 2.57 bits per heavy atom. The summed E-state index contributed by atoms with van der Waals surface area (Å²) in [5.74, 6) is 1.34. The summed E-state index contributed by atoms with van der Waals surface area (Å²) < 4.78 is 5.67. The van der Waals surface area contributed by atoms with Crippen LogP contribution >= 0.6 is 0 Å². The van der Waals surface area contributed by atoms with E-state index in [0.29, 0.717) is 18.0 Å². The van der Waals surface area contributed by atoms with Gasteiger partial charge in [-0.3, -0.25) is 0 Å². The smallest absolute Gasteiger partial charge is 0.323 e. The Kier molecular flexibility index (Phi) is 5.59. The van der Waals surface area contributed by atoms with Gasteiger partial charge in [0.25, 0.3) is 0 Å². The third-order valence-electron chi connectivity index (χ3n) is 3.28. The molecule has 118 valence electrons. The first-order valence-corrected chi connectivity index (χ1v) is 8.07. The molecule has 0 radical (unpaired) electrons. The Hall–Kier alpha value is -1.59. The summed E-state index contributed by atoms with van der Waals surface area (Å²) in [4.78, 5) is 15.7. The third kappa shape index (κ3) is 4.72. The second-order valence-electron chi connectivity index (χ2n) is 5.72. The molecule has 1 aromatic rings. The van der Waals surface area contributed by atoms with Gasteiger partial charge in [0.2, 0.25) is 11.9 Å². The van der Waals surface area contributed by atoms with Gasteiger partial charge in [-0.1, -0.05) is 13.3 Å². The van der Waals surface area contributed by atoms with Gasteiger partial charge in [-0.05, 0) is 40.0 Å². The second-order valence-corrected chi connectivity index (χ2v) is 5.72. The normalized spacial score (nSPS) is 14.3. The van der Waals surface area contributed by atoms with Gasteiger partial charge in [-0.2, -0.15) is 15.0 Å². The fraction of sp³-hybridized carbons (Fsp3) is 0.800.